The lowest BCUT2D eigenvalue weighted by Gasteiger charge is -2.41. The van der Waals surface area contributed by atoms with E-state index in [0.717, 1.165) is 23.2 Å². The minimum Gasteiger partial charge on any atom is -0.494 e. The van der Waals surface area contributed by atoms with Crippen LogP contribution >= 0.6 is 11.8 Å². The Morgan fingerprint density at radius 3 is 2.37 bits per heavy atom. The fourth-order valence-electron chi connectivity index (χ4n) is 7.74. The average molecular weight is 646 g/mol. The van der Waals surface area contributed by atoms with Gasteiger partial charge in [-0.15, -0.1) is 24.9 Å². The van der Waals surface area contributed by atoms with E-state index >= 15 is 4.79 Å². The van der Waals surface area contributed by atoms with Crippen molar-refractivity contribution in [3.8, 4) is 5.75 Å². The minimum absolute atomic E-state index is 0.103. The zero-order chi connectivity index (χ0) is 33.3. The molecule has 246 valence electrons. The molecule has 2 bridgehead atoms. The number of fused-ring (bicyclic) bond motifs is 1. The third-order valence-electron chi connectivity index (χ3n) is 9.84. The fourth-order valence-corrected chi connectivity index (χ4v) is 9.94. The molecule has 0 radical (unpaired) electrons. The van der Waals surface area contributed by atoms with Gasteiger partial charge in [0.1, 0.15) is 11.8 Å². The number of anilines is 2. The SMILES string of the molecule is C=CCN(C(=O)[C@@H]1[C@@H]2CCC3(S2)C(C(=O)N(CC=C)c2cc(C)ccc2C)N([C@@H](CO)C(C)C)C(=O)[C@H]13)c1ccc(OCC)cc1. The van der Waals surface area contributed by atoms with E-state index in [0.29, 0.717) is 24.5 Å². The summed E-state index contributed by atoms with van der Waals surface area (Å²) in [6.45, 7) is 18.5. The maximum atomic E-state index is 15.0. The first-order valence-electron chi connectivity index (χ1n) is 16.3. The van der Waals surface area contributed by atoms with Gasteiger partial charge in [-0.2, -0.15) is 0 Å². The second-order valence-electron chi connectivity index (χ2n) is 13.0. The Kier molecular flexibility index (Phi) is 10.0. The Hall–Kier alpha value is -3.56. The molecular weight excluding hydrogens is 598 g/mol. The smallest absolute Gasteiger partial charge is 0.251 e. The van der Waals surface area contributed by atoms with Gasteiger partial charge in [-0.05, 0) is 81.0 Å². The number of aliphatic hydroxyl groups is 1. The maximum absolute atomic E-state index is 15.0. The topological polar surface area (TPSA) is 90.4 Å². The van der Waals surface area contributed by atoms with Crippen LogP contribution in [0.3, 0.4) is 0 Å². The normalized spacial score (nSPS) is 25.4. The highest BCUT2D eigenvalue weighted by atomic mass is 32.2. The van der Waals surface area contributed by atoms with Crippen molar-refractivity contribution in [1.82, 2.24) is 4.90 Å². The van der Waals surface area contributed by atoms with Crippen molar-refractivity contribution in [3.63, 3.8) is 0 Å². The number of aryl methyl sites for hydroxylation is 2. The van der Waals surface area contributed by atoms with Crippen molar-refractivity contribution in [2.75, 3.05) is 36.1 Å². The van der Waals surface area contributed by atoms with Crippen LogP contribution in [0.5, 0.6) is 5.75 Å². The highest BCUT2D eigenvalue weighted by molar-refractivity contribution is 8.02. The van der Waals surface area contributed by atoms with E-state index in [4.69, 9.17) is 4.74 Å². The highest BCUT2D eigenvalue weighted by Crippen LogP contribution is 2.67. The molecule has 1 N–H and O–H groups in total. The number of benzene rings is 2. The predicted octanol–water partition coefficient (Wildman–Crippen LogP) is 5.55. The van der Waals surface area contributed by atoms with Crippen LogP contribution in [0.15, 0.2) is 67.8 Å². The Balaban J connectivity index is 1.59. The van der Waals surface area contributed by atoms with Gasteiger partial charge in [0.25, 0.3) is 5.91 Å². The molecule has 3 aliphatic rings. The molecule has 3 amide bonds. The number of hydrogen-bond donors (Lipinski definition) is 1. The number of carbonyl (C=O) groups is 3. The third-order valence-corrected chi connectivity index (χ3v) is 11.8. The van der Waals surface area contributed by atoms with Gasteiger partial charge in [-0.3, -0.25) is 14.4 Å². The Labute approximate surface area is 277 Å². The van der Waals surface area contributed by atoms with Gasteiger partial charge in [0.15, 0.2) is 0 Å². The van der Waals surface area contributed by atoms with Crippen molar-refractivity contribution in [2.24, 2.45) is 17.8 Å². The van der Waals surface area contributed by atoms with Crippen LogP contribution in [0.25, 0.3) is 0 Å². The van der Waals surface area contributed by atoms with Gasteiger partial charge in [-0.25, -0.2) is 0 Å². The van der Waals surface area contributed by atoms with Crippen LogP contribution in [0.2, 0.25) is 0 Å². The fraction of sp³-hybridized carbons (Fsp3) is 0.486. The van der Waals surface area contributed by atoms with Gasteiger partial charge >= 0.3 is 0 Å². The average Bonchev–Trinajstić information content (AvgIpc) is 3.68. The highest BCUT2D eigenvalue weighted by Gasteiger charge is 2.75. The van der Waals surface area contributed by atoms with Gasteiger partial charge in [0.2, 0.25) is 11.8 Å². The molecule has 3 fully saturated rings. The summed E-state index contributed by atoms with van der Waals surface area (Å²) in [7, 11) is 0. The molecule has 2 aromatic rings. The van der Waals surface area contributed by atoms with Crippen LogP contribution in [0.4, 0.5) is 11.4 Å². The van der Waals surface area contributed by atoms with E-state index in [-0.39, 0.29) is 48.6 Å². The lowest BCUT2D eigenvalue weighted by atomic mass is 9.70. The Bertz CT molecular complexity index is 1490. The lowest BCUT2D eigenvalue weighted by Crippen LogP contribution is -2.58. The zero-order valence-electron chi connectivity index (χ0n) is 27.6. The van der Waals surface area contributed by atoms with Crippen molar-refractivity contribution in [3.05, 3.63) is 78.9 Å². The van der Waals surface area contributed by atoms with Crippen LogP contribution in [-0.2, 0) is 14.4 Å². The second-order valence-corrected chi connectivity index (χ2v) is 14.6. The molecule has 9 heteroatoms. The number of ether oxygens (including phenoxy) is 1. The first-order valence-corrected chi connectivity index (χ1v) is 17.2. The molecule has 46 heavy (non-hydrogen) atoms. The largest absolute Gasteiger partial charge is 0.494 e. The van der Waals surface area contributed by atoms with E-state index in [2.05, 4.69) is 13.2 Å². The number of carbonyl (C=O) groups excluding carboxylic acids is 3. The summed E-state index contributed by atoms with van der Waals surface area (Å²) in [6.07, 6.45) is 4.77. The van der Waals surface area contributed by atoms with Gasteiger partial charge in [-0.1, -0.05) is 38.1 Å². The molecule has 0 aromatic heterocycles. The number of rotatable bonds is 13. The molecule has 3 heterocycles. The predicted molar refractivity (Wildman–Crippen MR) is 185 cm³/mol. The van der Waals surface area contributed by atoms with Crippen molar-refractivity contribution >= 4 is 40.9 Å². The summed E-state index contributed by atoms with van der Waals surface area (Å²) in [6, 6.07) is 12.0. The standard InChI is InChI=1S/C37H47N3O5S/c1-8-19-38(26-13-15-27(16-14-26)45-10-3)34(42)31-30-17-18-37(46-30)32(31)35(43)40(29(22-41)23(4)5)33(37)36(44)39(20-9-2)28-21-24(6)11-12-25(28)7/h8-9,11-16,21,23,29-33,41H,1-2,10,17-20,22H2,3-7H3/t29-,30-,31+,32-,33?,37?/m0/s1. The van der Waals surface area contributed by atoms with E-state index in [1.165, 1.54) is 0 Å². The van der Waals surface area contributed by atoms with Gasteiger partial charge in [0.05, 0.1) is 35.8 Å². The summed E-state index contributed by atoms with van der Waals surface area (Å²) in [4.78, 5) is 49.5. The molecule has 1 spiro atoms. The molecule has 5 rings (SSSR count). The lowest BCUT2D eigenvalue weighted by molar-refractivity contribution is -0.142. The third kappa shape index (κ3) is 5.66. The molecule has 0 aliphatic carbocycles. The first kappa shape index (κ1) is 33.8. The van der Waals surface area contributed by atoms with E-state index < -0.39 is 28.7 Å². The molecule has 0 saturated carbocycles. The van der Waals surface area contributed by atoms with E-state index in [1.54, 1.807) is 38.6 Å². The Morgan fingerprint density at radius 1 is 1.09 bits per heavy atom. The van der Waals surface area contributed by atoms with Crippen LogP contribution in [0.1, 0.15) is 44.7 Å². The van der Waals surface area contributed by atoms with Crippen molar-refractivity contribution in [1.29, 1.82) is 0 Å². The number of likely N-dealkylation sites (tertiary alicyclic amines) is 1. The quantitative estimate of drug-likeness (QED) is 0.288. The monoisotopic (exact) mass is 645 g/mol. The molecule has 6 atom stereocenters. The summed E-state index contributed by atoms with van der Waals surface area (Å²) in [5.41, 5.74) is 3.44. The van der Waals surface area contributed by atoms with Gasteiger partial charge < -0.3 is 24.5 Å². The van der Waals surface area contributed by atoms with E-state index in [9.17, 15) is 14.7 Å². The maximum Gasteiger partial charge on any atom is 0.251 e. The van der Waals surface area contributed by atoms with Crippen molar-refractivity contribution in [2.45, 2.75) is 69.5 Å². The molecule has 3 saturated heterocycles. The van der Waals surface area contributed by atoms with Crippen LogP contribution < -0.4 is 14.5 Å². The molecule has 2 unspecified atom stereocenters. The minimum atomic E-state index is -0.837. The number of hydrogen-bond acceptors (Lipinski definition) is 6. The van der Waals surface area contributed by atoms with Crippen LogP contribution in [0, 0.1) is 31.6 Å². The molecule has 2 aromatic carbocycles. The number of thioether (sulfide) groups is 1. The molecular formula is C37H47N3O5S. The number of amides is 3. The molecule has 8 nitrogen and oxygen atoms in total. The van der Waals surface area contributed by atoms with Gasteiger partial charge in [0, 0.05) is 29.7 Å². The number of aliphatic hydroxyl groups excluding tert-OH is 1. The summed E-state index contributed by atoms with van der Waals surface area (Å²) < 4.78 is 4.82. The Morgan fingerprint density at radius 2 is 1.76 bits per heavy atom. The van der Waals surface area contributed by atoms with Crippen molar-refractivity contribution < 1.29 is 24.2 Å². The van der Waals surface area contributed by atoms with Crippen LogP contribution in [-0.4, -0.2) is 76.1 Å². The molecule has 3 aliphatic heterocycles. The number of nitrogens with zero attached hydrogens (tertiary/aromatic N) is 3. The summed E-state index contributed by atoms with van der Waals surface area (Å²) >= 11 is 1.64. The summed E-state index contributed by atoms with van der Waals surface area (Å²) in [5.74, 6) is -1.25. The zero-order valence-corrected chi connectivity index (χ0v) is 28.5. The summed E-state index contributed by atoms with van der Waals surface area (Å²) in [5, 5.41) is 10.5. The second kappa shape index (κ2) is 13.7. The first-order chi connectivity index (χ1) is 22.0. The van der Waals surface area contributed by atoms with E-state index in [1.807, 2.05) is 77.1 Å².